The molecule has 1 aromatic heterocycles. The third-order valence-electron chi connectivity index (χ3n) is 5.32. The zero-order valence-corrected chi connectivity index (χ0v) is 20.3. The highest BCUT2D eigenvalue weighted by molar-refractivity contribution is 14.0. The van der Waals surface area contributed by atoms with Crippen LogP contribution in [0.5, 0.6) is 0 Å². The second-order valence-electron chi connectivity index (χ2n) is 7.52. The van der Waals surface area contributed by atoms with Gasteiger partial charge in [0.05, 0.1) is 12.9 Å². The average Bonchev–Trinajstić information content (AvgIpc) is 3.31. The quantitative estimate of drug-likeness (QED) is 0.285. The molecule has 1 aliphatic rings. The molecule has 0 saturated carbocycles. The van der Waals surface area contributed by atoms with Gasteiger partial charge in [0.1, 0.15) is 0 Å². The van der Waals surface area contributed by atoms with Crippen LogP contribution >= 0.6 is 24.0 Å². The highest BCUT2D eigenvalue weighted by Gasteiger charge is 2.16. The Kier molecular flexibility index (Phi) is 8.70. The van der Waals surface area contributed by atoms with E-state index < -0.39 is 0 Å². The Morgan fingerprint density at radius 1 is 1.10 bits per heavy atom. The van der Waals surface area contributed by atoms with Crippen LogP contribution in [0, 0.1) is 0 Å². The number of aliphatic imine (C=N–C) groups is 1. The molecule has 0 atom stereocenters. The molecule has 3 aromatic rings. The van der Waals surface area contributed by atoms with Crippen LogP contribution in [0.2, 0.25) is 0 Å². The number of nitrogens with one attached hydrogen (secondary N) is 1. The smallest absolute Gasteiger partial charge is 0.194 e. The second kappa shape index (κ2) is 11.7. The van der Waals surface area contributed by atoms with Gasteiger partial charge in [-0.1, -0.05) is 60.7 Å². The molecule has 0 bridgehead atoms. The molecular weight excluding hydrogens is 497 g/mol. The highest BCUT2D eigenvalue weighted by atomic mass is 127. The maximum atomic E-state index is 4.93. The Balaban J connectivity index is 0.00000272. The summed E-state index contributed by atoms with van der Waals surface area (Å²) < 4.78 is 2.08. The number of hydrogen-bond acceptors (Lipinski definition) is 2. The first-order chi connectivity index (χ1) is 14.8. The molecule has 0 amide bonds. The monoisotopic (exact) mass is 527 g/mol. The number of hydrogen-bond donors (Lipinski definition) is 1. The van der Waals surface area contributed by atoms with Crippen molar-refractivity contribution in [2.45, 2.75) is 26.4 Å². The van der Waals surface area contributed by atoms with Gasteiger partial charge >= 0.3 is 0 Å². The van der Waals surface area contributed by atoms with Crippen molar-refractivity contribution in [1.29, 1.82) is 0 Å². The summed E-state index contributed by atoms with van der Waals surface area (Å²) >= 11 is 0. The van der Waals surface area contributed by atoms with E-state index in [0.717, 1.165) is 38.6 Å². The molecule has 5 nitrogen and oxygen atoms in total. The largest absolute Gasteiger partial charge is 0.356 e. The van der Waals surface area contributed by atoms with Crippen LogP contribution in [0.1, 0.15) is 30.0 Å². The summed E-state index contributed by atoms with van der Waals surface area (Å²) in [5.74, 6) is 0.987. The third kappa shape index (κ3) is 6.43. The molecule has 0 saturated heterocycles. The fraction of sp³-hybridized carbons (Fsp3) is 0.280. The Bertz CT molecular complexity index is 996. The van der Waals surface area contributed by atoms with Crippen molar-refractivity contribution in [3.05, 3.63) is 96.1 Å². The Hall–Kier alpha value is -2.61. The van der Waals surface area contributed by atoms with Crippen molar-refractivity contribution in [2.75, 3.05) is 19.6 Å². The van der Waals surface area contributed by atoms with Gasteiger partial charge in [0.2, 0.25) is 0 Å². The minimum absolute atomic E-state index is 0. The van der Waals surface area contributed by atoms with Gasteiger partial charge in [0, 0.05) is 38.6 Å². The van der Waals surface area contributed by atoms with Crippen LogP contribution in [-0.2, 0) is 13.1 Å². The average molecular weight is 527 g/mol. The van der Waals surface area contributed by atoms with Crippen LogP contribution in [0.4, 0.5) is 0 Å². The molecule has 2 aromatic carbocycles. The summed E-state index contributed by atoms with van der Waals surface area (Å²) in [4.78, 5) is 11.4. The summed E-state index contributed by atoms with van der Waals surface area (Å²) in [5, 5.41) is 3.46. The summed E-state index contributed by atoms with van der Waals surface area (Å²) in [6.45, 7) is 6.36. The first-order valence-corrected chi connectivity index (χ1v) is 10.6. The summed E-state index contributed by atoms with van der Waals surface area (Å²) in [6.07, 6.45) is 9.02. The number of imidazole rings is 1. The number of benzene rings is 2. The Morgan fingerprint density at radius 3 is 2.65 bits per heavy atom. The van der Waals surface area contributed by atoms with E-state index in [2.05, 4.69) is 87.4 Å². The lowest BCUT2D eigenvalue weighted by Gasteiger charge is -2.30. The Morgan fingerprint density at radius 2 is 1.94 bits per heavy atom. The molecule has 1 aliphatic heterocycles. The van der Waals surface area contributed by atoms with Gasteiger partial charge in [-0.3, -0.25) is 0 Å². The fourth-order valence-corrected chi connectivity index (χ4v) is 3.79. The van der Waals surface area contributed by atoms with Crippen LogP contribution in [0.25, 0.3) is 5.57 Å². The molecule has 6 heteroatoms. The summed E-state index contributed by atoms with van der Waals surface area (Å²) in [6, 6.07) is 19.3. The molecule has 0 radical (unpaired) electrons. The zero-order chi connectivity index (χ0) is 20.6. The SMILES string of the molecule is CCNC(=NCc1cccc(Cn2ccnc2)c1)N1CC=C(c2ccccc2)CC1.I. The molecule has 1 N–H and O–H groups in total. The van der Waals surface area contributed by atoms with Crippen molar-refractivity contribution in [2.24, 2.45) is 4.99 Å². The molecule has 31 heavy (non-hydrogen) atoms. The molecule has 162 valence electrons. The van der Waals surface area contributed by atoms with Crippen LogP contribution in [-0.4, -0.2) is 40.0 Å². The van der Waals surface area contributed by atoms with Crippen molar-refractivity contribution in [1.82, 2.24) is 19.8 Å². The Labute approximate surface area is 201 Å². The standard InChI is InChI=1S/C25H29N5.HI/c1-2-27-25(30-14-11-24(12-15-30)23-9-4-3-5-10-23)28-18-21-7-6-8-22(17-21)19-29-16-13-26-20-29;/h3-11,13,16-17,20H,2,12,14-15,18-19H2,1H3,(H,27,28);1H. The van der Waals surface area contributed by atoms with E-state index >= 15 is 0 Å². The lowest BCUT2D eigenvalue weighted by atomic mass is 10.00. The highest BCUT2D eigenvalue weighted by Crippen LogP contribution is 2.22. The van der Waals surface area contributed by atoms with E-state index in [1.165, 1.54) is 22.3 Å². The normalized spacial score (nSPS) is 14.0. The van der Waals surface area contributed by atoms with Gasteiger partial charge in [-0.2, -0.15) is 0 Å². The van der Waals surface area contributed by atoms with Gasteiger partial charge in [-0.25, -0.2) is 9.98 Å². The molecular formula is C25H30IN5. The van der Waals surface area contributed by atoms with E-state index in [1.54, 1.807) is 0 Å². The lowest BCUT2D eigenvalue weighted by molar-refractivity contribution is 0.440. The first-order valence-electron chi connectivity index (χ1n) is 10.6. The molecule has 0 aliphatic carbocycles. The van der Waals surface area contributed by atoms with Gasteiger partial charge < -0.3 is 14.8 Å². The number of nitrogens with zero attached hydrogens (tertiary/aromatic N) is 4. The van der Waals surface area contributed by atoms with E-state index in [4.69, 9.17) is 4.99 Å². The second-order valence-corrected chi connectivity index (χ2v) is 7.52. The van der Waals surface area contributed by atoms with Crippen LogP contribution in [0.15, 0.2) is 84.4 Å². The predicted octanol–water partition coefficient (Wildman–Crippen LogP) is 4.80. The number of halogens is 1. The third-order valence-corrected chi connectivity index (χ3v) is 5.32. The zero-order valence-electron chi connectivity index (χ0n) is 17.9. The van der Waals surface area contributed by atoms with Crippen molar-refractivity contribution < 1.29 is 0 Å². The van der Waals surface area contributed by atoms with E-state index in [0.29, 0.717) is 6.54 Å². The van der Waals surface area contributed by atoms with Crippen LogP contribution in [0.3, 0.4) is 0 Å². The summed E-state index contributed by atoms with van der Waals surface area (Å²) in [7, 11) is 0. The van der Waals surface area contributed by atoms with Crippen molar-refractivity contribution in [3.8, 4) is 0 Å². The van der Waals surface area contributed by atoms with Gasteiger partial charge in [-0.15, -0.1) is 24.0 Å². The number of guanidine groups is 1. The molecule has 2 heterocycles. The number of rotatable bonds is 6. The van der Waals surface area contributed by atoms with Crippen molar-refractivity contribution >= 4 is 35.5 Å². The molecule has 0 spiro atoms. The summed E-state index contributed by atoms with van der Waals surface area (Å²) in [5.41, 5.74) is 5.24. The molecule has 4 rings (SSSR count). The van der Waals surface area contributed by atoms with E-state index in [9.17, 15) is 0 Å². The van der Waals surface area contributed by atoms with Gasteiger partial charge in [-0.05, 0) is 35.6 Å². The van der Waals surface area contributed by atoms with E-state index in [1.807, 2.05) is 18.7 Å². The first kappa shape index (κ1) is 23.1. The lowest BCUT2D eigenvalue weighted by Crippen LogP contribution is -2.43. The molecule has 0 fully saturated rings. The molecule has 0 unspecified atom stereocenters. The maximum absolute atomic E-state index is 4.93. The fourth-order valence-electron chi connectivity index (χ4n) is 3.79. The maximum Gasteiger partial charge on any atom is 0.194 e. The topological polar surface area (TPSA) is 45.5 Å². The van der Waals surface area contributed by atoms with Crippen LogP contribution < -0.4 is 5.32 Å². The predicted molar refractivity (Wildman–Crippen MR) is 139 cm³/mol. The van der Waals surface area contributed by atoms with Crippen molar-refractivity contribution in [3.63, 3.8) is 0 Å². The number of aromatic nitrogens is 2. The van der Waals surface area contributed by atoms with Gasteiger partial charge in [0.15, 0.2) is 5.96 Å². The van der Waals surface area contributed by atoms with E-state index in [-0.39, 0.29) is 24.0 Å². The minimum atomic E-state index is 0. The minimum Gasteiger partial charge on any atom is -0.356 e. The van der Waals surface area contributed by atoms with Gasteiger partial charge in [0.25, 0.3) is 0 Å².